The molecule has 2 heterocycles. The van der Waals surface area contributed by atoms with E-state index in [1.54, 1.807) is 31.4 Å². The number of rotatable bonds is 4. The molecule has 1 aromatic carbocycles. The van der Waals surface area contributed by atoms with Crippen molar-refractivity contribution in [1.82, 2.24) is 9.55 Å². The fraction of sp³-hybridized carbons (Fsp3) is 0.118. The minimum Gasteiger partial charge on any atom is -0.332 e. The van der Waals surface area contributed by atoms with Crippen molar-refractivity contribution in [1.29, 1.82) is 0 Å². The highest BCUT2D eigenvalue weighted by Gasteiger charge is 2.07. The number of anilines is 3. The van der Waals surface area contributed by atoms with E-state index in [1.165, 1.54) is 22.0 Å². The van der Waals surface area contributed by atoms with Gasteiger partial charge in [-0.2, -0.15) is 0 Å². The minimum absolute atomic E-state index is 0.221. The Morgan fingerprint density at radius 1 is 1.17 bits per heavy atom. The Morgan fingerprint density at radius 2 is 1.88 bits per heavy atom. The summed E-state index contributed by atoms with van der Waals surface area (Å²) in [6.07, 6.45) is 1.57. The topological polar surface area (TPSA) is 76.0 Å². The van der Waals surface area contributed by atoms with Crippen LogP contribution < -0.4 is 16.2 Å². The summed E-state index contributed by atoms with van der Waals surface area (Å²) in [5, 5.41) is 8.77. The van der Waals surface area contributed by atoms with Gasteiger partial charge in [0, 0.05) is 41.6 Å². The van der Waals surface area contributed by atoms with Gasteiger partial charge in [0.1, 0.15) is 0 Å². The first kappa shape index (κ1) is 15.9. The molecule has 3 rings (SSSR count). The molecular formula is C17H16N4O2S. The van der Waals surface area contributed by atoms with Crippen molar-refractivity contribution in [2.24, 2.45) is 7.05 Å². The van der Waals surface area contributed by atoms with Crippen LogP contribution in [0.5, 0.6) is 0 Å². The van der Waals surface area contributed by atoms with Crippen LogP contribution in [-0.2, 0) is 7.05 Å². The Bertz CT molecular complexity index is 928. The van der Waals surface area contributed by atoms with E-state index in [4.69, 9.17) is 0 Å². The summed E-state index contributed by atoms with van der Waals surface area (Å²) >= 11 is 1.54. The first-order chi connectivity index (χ1) is 11.5. The number of aromatic nitrogens is 2. The maximum atomic E-state index is 12.2. The summed E-state index contributed by atoms with van der Waals surface area (Å²) in [5.41, 5.74) is 2.62. The predicted octanol–water partition coefficient (Wildman–Crippen LogP) is 3.15. The largest absolute Gasteiger partial charge is 0.332 e. The fourth-order valence-corrected chi connectivity index (χ4v) is 2.77. The van der Waals surface area contributed by atoms with Crippen LogP contribution in [0.15, 0.2) is 52.8 Å². The van der Waals surface area contributed by atoms with Gasteiger partial charge in [0.25, 0.3) is 11.5 Å². The quantitative estimate of drug-likeness (QED) is 0.765. The van der Waals surface area contributed by atoms with Crippen LogP contribution in [0.1, 0.15) is 16.1 Å². The number of carbonyl (C=O) groups is 1. The van der Waals surface area contributed by atoms with Crippen molar-refractivity contribution in [2.75, 3.05) is 10.6 Å². The second-order valence-electron chi connectivity index (χ2n) is 5.32. The normalized spacial score (nSPS) is 10.4. The number of hydrogen-bond acceptors (Lipinski definition) is 5. The van der Waals surface area contributed by atoms with Crippen LogP contribution in [0.4, 0.5) is 16.5 Å². The molecule has 0 bridgehead atoms. The van der Waals surface area contributed by atoms with Crippen molar-refractivity contribution in [3.05, 3.63) is 69.6 Å². The van der Waals surface area contributed by atoms with Gasteiger partial charge in [-0.1, -0.05) is 0 Å². The third-order valence-electron chi connectivity index (χ3n) is 3.38. The van der Waals surface area contributed by atoms with Crippen molar-refractivity contribution in [3.8, 4) is 0 Å². The van der Waals surface area contributed by atoms with Crippen molar-refractivity contribution in [2.45, 2.75) is 6.92 Å². The Morgan fingerprint density at radius 3 is 2.50 bits per heavy atom. The lowest BCUT2D eigenvalue weighted by atomic mass is 10.2. The zero-order chi connectivity index (χ0) is 17.1. The molecule has 0 unspecified atom stereocenters. The van der Waals surface area contributed by atoms with E-state index >= 15 is 0 Å². The number of aryl methyl sites for hydroxylation is 2. The van der Waals surface area contributed by atoms with E-state index in [2.05, 4.69) is 15.6 Å². The van der Waals surface area contributed by atoms with Gasteiger partial charge >= 0.3 is 0 Å². The van der Waals surface area contributed by atoms with Gasteiger partial charge in [-0.25, -0.2) is 4.98 Å². The molecule has 0 aliphatic heterocycles. The number of nitrogens with one attached hydrogen (secondary N) is 2. The molecule has 24 heavy (non-hydrogen) atoms. The monoisotopic (exact) mass is 340 g/mol. The lowest BCUT2D eigenvalue weighted by Gasteiger charge is -2.07. The molecule has 6 nitrogen and oxygen atoms in total. The Labute approximate surface area is 142 Å². The maximum absolute atomic E-state index is 12.2. The molecule has 3 aromatic rings. The van der Waals surface area contributed by atoms with Crippen LogP contribution in [0.3, 0.4) is 0 Å². The van der Waals surface area contributed by atoms with Gasteiger partial charge in [0.15, 0.2) is 5.13 Å². The third-order valence-corrected chi connectivity index (χ3v) is 4.26. The van der Waals surface area contributed by atoms with Gasteiger partial charge in [0.2, 0.25) is 0 Å². The van der Waals surface area contributed by atoms with Gasteiger partial charge < -0.3 is 15.2 Å². The summed E-state index contributed by atoms with van der Waals surface area (Å²) in [4.78, 5) is 28.1. The zero-order valence-corrected chi connectivity index (χ0v) is 14.1. The molecule has 7 heteroatoms. The number of pyridine rings is 1. The molecule has 0 atom stereocenters. The summed E-state index contributed by atoms with van der Waals surface area (Å²) in [6.45, 7) is 1.94. The summed E-state index contributed by atoms with van der Waals surface area (Å²) in [5.74, 6) is -0.316. The van der Waals surface area contributed by atoms with E-state index in [1.807, 2.05) is 24.4 Å². The highest BCUT2D eigenvalue weighted by atomic mass is 32.1. The Kier molecular flexibility index (Phi) is 4.43. The summed E-state index contributed by atoms with van der Waals surface area (Å²) in [7, 11) is 1.64. The Hall–Kier alpha value is -2.93. The molecule has 2 N–H and O–H groups in total. The number of hydrogen-bond donors (Lipinski definition) is 2. The molecule has 0 aliphatic carbocycles. The van der Waals surface area contributed by atoms with Crippen LogP contribution in [0.25, 0.3) is 0 Å². The summed E-state index contributed by atoms with van der Waals surface area (Å²) < 4.78 is 1.41. The minimum atomic E-state index is -0.316. The molecule has 0 radical (unpaired) electrons. The number of nitrogens with zero attached hydrogens (tertiary/aromatic N) is 2. The van der Waals surface area contributed by atoms with E-state index in [-0.39, 0.29) is 11.5 Å². The molecular weight excluding hydrogens is 324 g/mol. The molecule has 1 amide bonds. The molecule has 0 fully saturated rings. The fourth-order valence-electron chi connectivity index (χ4n) is 2.06. The average molecular weight is 340 g/mol. The number of amides is 1. The SMILES string of the molecule is Cc1csc(Nc2ccc(NC(=O)c3ccn(C)c(=O)c3)cc2)n1. The van der Waals surface area contributed by atoms with Gasteiger partial charge in [-0.3, -0.25) is 9.59 Å². The van der Waals surface area contributed by atoms with Crippen LogP contribution in [-0.4, -0.2) is 15.5 Å². The molecule has 0 saturated heterocycles. The first-order valence-electron chi connectivity index (χ1n) is 7.28. The maximum Gasteiger partial charge on any atom is 0.255 e. The zero-order valence-electron chi connectivity index (χ0n) is 13.2. The highest BCUT2D eigenvalue weighted by Crippen LogP contribution is 2.22. The highest BCUT2D eigenvalue weighted by molar-refractivity contribution is 7.13. The first-order valence-corrected chi connectivity index (χ1v) is 8.16. The molecule has 0 spiro atoms. The van der Waals surface area contributed by atoms with E-state index < -0.39 is 0 Å². The molecule has 0 saturated carbocycles. The molecule has 122 valence electrons. The Balaban J connectivity index is 1.68. The van der Waals surface area contributed by atoms with Gasteiger partial charge in [-0.05, 0) is 37.3 Å². The second kappa shape index (κ2) is 6.67. The van der Waals surface area contributed by atoms with E-state index in [0.717, 1.165) is 16.5 Å². The third kappa shape index (κ3) is 3.69. The van der Waals surface area contributed by atoms with Gasteiger partial charge in [-0.15, -0.1) is 11.3 Å². The van der Waals surface area contributed by atoms with Crippen molar-refractivity contribution < 1.29 is 4.79 Å². The van der Waals surface area contributed by atoms with E-state index in [0.29, 0.717) is 11.3 Å². The average Bonchev–Trinajstić information content (AvgIpc) is 2.97. The summed E-state index contributed by atoms with van der Waals surface area (Å²) in [6, 6.07) is 10.2. The van der Waals surface area contributed by atoms with Crippen LogP contribution in [0, 0.1) is 6.92 Å². The van der Waals surface area contributed by atoms with Crippen molar-refractivity contribution in [3.63, 3.8) is 0 Å². The number of carbonyl (C=O) groups excluding carboxylic acids is 1. The number of benzene rings is 1. The lowest BCUT2D eigenvalue weighted by molar-refractivity contribution is 0.102. The molecule has 0 aliphatic rings. The van der Waals surface area contributed by atoms with Crippen molar-refractivity contribution >= 4 is 33.8 Å². The lowest BCUT2D eigenvalue weighted by Crippen LogP contribution is -2.19. The number of thiazole rings is 1. The van der Waals surface area contributed by atoms with Gasteiger partial charge in [0.05, 0.1) is 5.69 Å². The predicted molar refractivity (Wildman–Crippen MR) is 96.2 cm³/mol. The van der Waals surface area contributed by atoms with E-state index in [9.17, 15) is 9.59 Å². The van der Waals surface area contributed by atoms with Crippen LogP contribution in [0.2, 0.25) is 0 Å². The smallest absolute Gasteiger partial charge is 0.255 e. The second-order valence-corrected chi connectivity index (χ2v) is 6.17. The molecule has 2 aromatic heterocycles. The van der Waals surface area contributed by atoms with Crippen LogP contribution >= 0.6 is 11.3 Å². The standard InChI is InChI=1S/C17H16N4O2S/c1-11-10-24-17(18-11)20-14-5-3-13(4-6-14)19-16(23)12-7-8-21(2)15(22)9-12/h3-10H,1-2H3,(H,18,20)(H,19,23).